The van der Waals surface area contributed by atoms with E-state index in [9.17, 15) is 0 Å². The summed E-state index contributed by atoms with van der Waals surface area (Å²) in [5, 5.41) is 7.97. The fourth-order valence-corrected chi connectivity index (χ4v) is 4.83. The second kappa shape index (κ2) is 7.15. The van der Waals surface area contributed by atoms with Crippen molar-refractivity contribution < 1.29 is 0 Å². The van der Waals surface area contributed by atoms with Crippen LogP contribution < -0.4 is 10.6 Å². The molecule has 5 heteroatoms. The van der Waals surface area contributed by atoms with Crippen LogP contribution in [0.2, 0.25) is 0 Å². The fourth-order valence-electron chi connectivity index (χ4n) is 3.80. The highest BCUT2D eigenvalue weighted by Gasteiger charge is 2.37. The maximum Gasteiger partial charge on any atom is 0.161 e. The summed E-state index contributed by atoms with van der Waals surface area (Å²) in [5.74, 6) is 2.95. The SMILES string of the molecule is C#CC1=CC2C(=CC=C3SC(=NCCN4CCCCC4)NC32)NC1=C. The number of fused-ring (bicyclic) bond motifs is 3. The van der Waals surface area contributed by atoms with E-state index < -0.39 is 0 Å². The number of nitrogens with zero attached hydrogens (tertiary/aromatic N) is 2. The largest absolute Gasteiger partial charge is 0.358 e. The van der Waals surface area contributed by atoms with Gasteiger partial charge in [-0.1, -0.05) is 36.8 Å². The Morgan fingerprint density at radius 3 is 2.96 bits per heavy atom. The Morgan fingerprint density at radius 1 is 1.32 bits per heavy atom. The van der Waals surface area contributed by atoms with Crippen LogP contribution in [0.25, 0.3) is 0 Å². The Kier molecular flexibility index (Phi) is 4.74. The number of hydrogen-bond donors (Lipinski definition) is 2. The minimum Gasteiger partial charge on any atom is -0.358 e. The highest BCUT2D eigenvalue weighted by atomic mass is 32.2. The minimum atomic E-state index is 0.221. The van der Waals surface area contributed by atoms with Gasteiger partial charge in [-0.05, 0) is 38.1 Å². The van der Waals surface area contributed by atoms with Crippen LogP contribution >= 0.6 is 11.8 Å². The van der Waals surface area contributed by atoms with Gasteiger partial charge in [0.2, 0.25) is 0 Å². The average molecular weight is 353 g/mol. The molecule has 2 atom stereocenters. The zero-order valence-electron chi connectivity index (χ0n) is 14.4. The van der Waals surface area contributed by atoms with E-state index in [4.69, 9.17) is 11.4 Å². The molecule has 25 heavy (non-hydrogen) atoms. The fraction of sp³-hybridized carbons (Fsp3) is 0.450. The maximum absolute atomic E-state index is 5.61. The van der Waals surface area contributed by atoms with Crippen molar-refractivity contribution in [2.45, 2.75) is 25.3 Å². The van der Waals surface area contributed by atoms with E-state index in [2.05, 4.69) is 46.3 Å². The number of amidine groups is 1. The Hall–Kier alpha value is -1.90. The third-order valence-electron chi connectivity index (χ3n) is 5.19. The van der Waals surface area contributed by atoms with Crippen molar-refractivity contribution in [2.75, 3.05) is 26.2 Å². The Balaban J connectivity index is 1.41. The van der Waals surface area contributed by atoms with Crippen LogP contribution in [0.4, 0.5) is 0 Å². The molecule has 2 fully saturated rings. The van der Waals surface area contributed by atoms with E-state index >= 15 is 0 Å². The monoisotopic (exact) mass is 352 g/mol. The van der Waals surface area contributed by atoms with Crippen LogP contribution in [0, 0.1) is 18.3 Å². The summed E-state index contributed by atoms with van der Waals surface area (Å²) in [5.41, 5.74) is 2.81. The van der Waals surface area contributed by atoms with Crippen molar-refractivity contribution in [3.63, 3.8) is 0 Å². The number of allylic oxidation sites excluding steroid dienone is 3. The molecule has 4 aliphatic rings. The first kappa shape index (κ1) is 16.6. The molecule has 2 saturated heterocycles. The van der Waals surface area contributed by atoms with Crippen LogP contribution in [-0.2, 0) is 0 Å². The third-order valence-corrected chi connectivity index (χ3v) is 6.25. The van der Waals surface area contributed by atoms with Crippen LogP contribution in [0.1, 0.15) is 19.3 Å². The van der Waals surface area contributed by atoms with E-state index in [-0.39, 0.29) is 12.0 Å². The summed E-state index contributed by atoms with van der Waals surface area (Å²) in [4.78, 5) is 8.64. The lowest BCUT2D eigenvalue weighted by Gasteiger charge is -2.32. The van der Waals surface area contributed by atoms with Crippen LogP contribution in [-0.4, -0.2) is 42.3 Å². The molecule has 0 aromatic carbocycles. The van der Waals surface area contributed by atoms with Gasteiger partial charge >= 0.3 is 0 Å². The molecule has 2 unspecified atom stereocenters. The molecular weight excluding hydrogens is 328 g/mol. The summed E-state index contributed by atoms with van der Waals surface area (Å²) >= 11 is 1.75. The van der Waals surface area contributed by atoms with Gasteiger partial charge in [-0.2, -0.15) is 0 Å². The Labute approximate surface area is 154 Å². The molecule has 130 valence electrons. The van der Waals surface area contributed by atoms with Gasteiger partial charge in [-0.25, -0.2) is 0 Å². The molecule has 0 bridgehead atoms. The van der Waals surface area contributed by atoms with Gasteiger partial charge in [0.15, 0.2) is 5.17 Å². The van der Waals surface area contributed by atoms with Gasteiger partial charge in [0.25, 0.3) is 0 Å². The van der Waals surface area contributed by atoms with Crippen molar-refractivity contribution >= 4 is 16.9 Å². The molecular formula is C20H24N4S. The van der Waals surface area contributed by atoms with Crippen LogP contribution in [0.3, 0.4) is 0 Å². The topological polar surface area (TPSA) is 39.7 Å². The first-order valence-corrected chi connectivity index (χ1v) is 9.84. The van der Waals surface area contributed by atoms with Gasteiger partial charge in [0, 0.05) is 34.3 Å². The average Bonchev–Trinajstić information content (AvgIpc) is 3.05. The lowest BCUT2D eigenvalue weighted by Crippen LogP contribution is -2.40. The van der Waals surface area contributed by atoms with Crippen molar-refractivity contribution in [1.29, 1.82) is 0 Å². The molecule has 0 aromatic rings. The quantitative estimate of drug-likeness (QED) is 0.766. The zero-order chi connectivity index (χ0) is 17.2. The minimum absolute atomic E-state index is 0.221. The van der Waals surface area contributed by atoms with Crippen LogP contribution in [0.5, 0.6) is 0 Å². The van der Waals surface area contributed by atoms with Gasteiger partial charge in [-0.3, -0.25) is 4.99 Å². The molecule has 1 aliphatic carbocycles. The number of piperidine rings is 1. The summed E-state index contributed by atoms with van der Waals surface area (Å²) < 4.78 is 0. The summed E-state index contributed by atoms with van der Waals surface area (Å²) in [6, 6.07) is 0.225. The molecule has 2 N–H and O–H groups in total. The number of likely N-dealkylation sites (tertiary alicyclic amines) is 1. The maximum atomic E-state index is 5.61. The molecule has 0 spiro atoms. The highest BCUT2D eigenvalue weighted by molar-refractivity contribution is 8.17. The number of aliphatic imine (C=N–C) groups is 1. The van der Waals surface area contributed by atoms with E-state index in [0.29, 0.717) is 0 Å². The molecule has 3 heterocycles. The molecule has 0 saturated carbocycles. The summed E-state index contributed by atoms with van der Waals surface area (Å²) in [6.07, 6.45) is 16.1. The Bertz CT molecular complexity index is 731. The smallest absolute Gasteiger partial charge is 0.161 e. The number of thioether (sulfide) groups is 1. The molecule has 0 amide bonds. The van der Waals surface area contributed by atoms with Gasteiger partial charge in [0.1, 0.15) is 0 Å². The van der Waals surface area contributed by atoms with Crippen molar-refractivity contribution in [3.8, 4) is 12.3 Å². The predicted molar refractivity (Wildman–Crippen MR) is 106 cm³/mol. The first-order chi connectivity index (χ1) is 12.2. The van der Waals surface area contributed by atoms with E-state index in [1.165, 1.54) is 37.3 Å². The molecule has 0 radical (unpaired) electrons. The number of hydrogen-bond acceptors (Lipinski definition) is 4. The van der Waals surface area contributed by atoms with E-state index in [1.807, 2.05) is 0 Å². The van der Waals surface area contributed by atoms with Crippen molar-refractivity contribution in [1.82, 2.24) is 15.5 Å². The van der Waals surface area contributed by atoms with Crippen molar-refractivity contribution in [3.05, 3.63) is 46.7 Å². The Morgan fingerprint density at radius 2 is 2.16 bits per heavy atom. The van der Waals surface area contributed by atoms with Crippen LogP contribution in [0.15, 0.2) is 51.7 Å². The zero-order valence-corrected chi connectivity index (χ0v) is 15.2. The third kappa shape index (κ3) is 3.42. The second-order valence-corrected chi connectivity index (χ2v) is 7.92. The lowest BCUT2D eigenvalue weighted by molar-refractivity contribution is 0.235. The summed E-state index contributed by atoms with van der Waals surface area (Å²) in [6.45, 7) is 8.38. The summed E-state index contributed by atoms with van der Waals surface area (Å²) in [7, 11) is 0. The number of nitrogens with one attached hydrogen (secondary N) is 2. The predicted octanol–water partition coefficient (Wildman–Crippen LogP) is 2.61. The van der Waals surface area contributed by atoms with E-state index in [1.54, 1.807) is 11.8 Å². The first-order valence-electron chi connectivity index (χ1n) is 9.02. The molecule has 4 rings (SSSR count). The second-order valence-electron chi connectivity index (χ2n) is 6.86. The van der Waals surface area contributed by atoms with Crippen molar-refractivity contribution in [2.24, 2.45) is 10.9 Å². The van der Waals surface area contributed by atoms with Gasteiger partial charge < -0.3 is 15.5 Å². The molecule has 0 aromatic heterocycles. The standard InChI is InChI=1S/C20H24N4S/c1-3-15-13-16-17(22-14(15)2)7-8-18-19(16)23-20(25-18)21-9-12-24-10-5-4-6-11-24/h1,7-8,13,16,19,22H,2,4-6,9-12H2,(H,21,23). The molecule has 3 aliphatic heterocycles. The lowest BCUT2D eigenvalue weighted by atomic mass is 9.86. The normalized spacial score (nSPS) is 30.3. The van der Waals surface area contributed by atoms with Gasteiger partial charge in [0.05, 0.1) is 12.6 Å². The number of terminal acetylenes is 1. The highest BCUT2D eigenvalue weighted by Crippen LogP contribution is 2.40. The molecule has 4 nitrogen and oxygen atoms in total. The van der Waals surface area contributed by atoms with Gasteiger partial charge in [-0.15, -0.1) is 6.42 Å². The number of rotatable bonds is 3. The van der Waals surface area contributed by atoms with E-state index in [0.717, 1.165) is 35.2 Å².